The molecule has 1 aliphatic rings. The van der Waals surface area contributed by atoms with Gasteiger partial charge in [-0.1, -0.05) is 18.2 Å². The highest BCUT2D eigenvalue weighted by molar-refractivity contribution is 5.17. The first-order valence-corrected chi connectivity index (χ1v) is 5.53. The number of rotatable bonds is 2. The fourth-order valence-electron chi connectivity index (χ4n) is 2.03. The van der Waals surface area contributed by atoms with E-state index >= 15 is 0 Å². The lowest BCUT2D eigenvalue weighted by molar-refractivity contribution is 0.102. The summed E-state index contributed by atoms with van der Waals surface area (Å²) in [5.41, 5.74) is 1.94. The Morgan fingerprint density at radius 3 is 2.87 bits per heavy atom. The third-order valence-electron chi connectivity index (χ3n) is 3.03. The molecule has 2 rings (SSSR count). The van der Waals surface area contributed by atoms with Crippen molar-refractivity contribution in [2.45, 2.75) is 32.3 Å². The lowest BCUT2D eigenvalue weighted by Gasteiger charge is -2.23. The number of allylic oxidation sites excluding steroid dienone is 2. The average molecular weight is 203 g/mol. The van der Waals surface area contributed by atoms with Crippen molar-refractivity contribution >= 4 is 0 Å². The van der Waals surface area contributed by atoms with E-state index in [0.29, 0.717) is 5.92 Å². The van der Waals surface area contributed by atoms with Crippen LogP contribution in [0.2, 0.25) is 0 Å². The van der Waals surface area contributed by atoms with Gasteiger partial charge in [-0.05, 0) is 43.7 Å². The third kappa shape index (κ3) is 2.45. The minimum Gasteiger partial charge on any atom is -0.388 e. The predicted molar refractivity (Wildman–Crippen MR) is 60.4 cm³/mol. The summed E-state index contributed by atoms with van der Waals surface area (Å²) in [7, 11) is 0. The van der Waals surface area contributed by atoms with Crippen molar-refractivity contribution in [1.82, 2.24) is 4.98 Å². The van der Waals surface area contributed by atoms with Crippen LogP contribution in [-0.4, -0.2) is 10.1 Å². The lowest BCUT2D eigenvalue weighted by Crippen LogP contribution is -2.14. The number of aliphatic hydroxyl groups is 1. The molecule has 0 saturated heterocycles. The number of pyridine rings is 1. The van der Waals surface area contributed by atoms with E-state index in [2.05, 4.69) is 17.1 Å². The van der Waals surface area contributed by atoms with Crippen LogP contribution in [0.5, 0.6) is 0 Å². The first-order valence-electron chi connectivity index (χ1n) is 5.53. The first kappa shape index (κ1) is 10.4. The van der Waals surface area contributed by atoms with E-state index in [1.807, 2.05) is 19.1 Å². The van der Waals surface area contributed by atoms with Crippen LogP contribution in [0.15, 0.2) is 30.5 Å². The molecule has 1 aromatic rings. The highest BCUT2D eigenvalue weighted by atomic mass is 16.3. The molecule has 1 N–H and O–H groups in total. The normalized spacial score (nSPS) is 22.7. The summed E-state index contributed by atoms with van der Waals surface area (Å²) in [6.07, 6.45) is 8.93. The van der Waals surface area contributed by atoms with E-state index in [-0.39, 0.29) is 6.10 Å². The van der Waals surface area contributed by atoms with Gasteiger partial charge < -0.3 is 5.11 Å². The molecule has 0 aromatic carbocycles. The summed E-state index contributed by atoms with van der Waals surface area (Å²) < 4.78 is 0. The van der Waals surface area contributed by atoms with E-state index in [1.54, 1.807) is 6.20 Å². The molecule has 15 heavy (non-hydrogen) atoms. The summed E-state index contributed by atoms with van der Waals surface area (Å²) >= 11 is 0. The minimum absolute atomic E-state index is 0.358. The average Bonchev–Trinajstić information content (AvgIpc) is 2.30. The van der Waals surface area contributed by atoms with Gasteiger partial charge in [0.15, 0.2) is 0 Å². The Labute approximate surface area is 90.7 Å². The van der Waals surface area contributed by atoms with Crippen LogP contribution in [-0.2, 0) is 0 Å². The summed E-state index contributed by atoms with van der Waals surface area (Å²) in [5, 5.41) is 10.2. The van der Waals surface area contributed by atoms with Crippen LogP contribution in [0, 0.1) is 12.8 Å². The highest BCUT2D eigenvalue weighted by Crippen LogP contribution is 2.31. The second kappa shape index (κ2) is 4.58. The Morgan fingerprint density at radius 2 is 2.27 bits per heavy atom. The van der Waals surface area contributed by atoms with Gasteiger partial charge in [-0.2, -0.15) is 0 Å². The molecular weight excluding hydrogens is 186 g/mol. The molecule has 1 aromatic heterocycles. The van der Waals surface area contributed by atoms with Crippen molar-refractivity contribution in [3.8, 4) is 0 Å². The van der Waals surface area contributed by atoms with Gasteiger partial charge in [0, 0.05) is 11.9 Å². The molecule has 0 bridgehead atoms. The Morgan fingerprint density at radius 1 is 1.40 bits per heavy atom. The Kier molecular flexibility index (Phi) is 3.17. The highest BCUT2D eigenvalue weighted by Gasteiger charge is 2.20. The summed E-state index contributed by atoms with van der Waals surface area (Å²) in [5.74, 6) is 0.361. The molecular formula is C13H17NO. The molecule has 0 aliphatic heterocycles. The zero-order valence-corrected chi connectivity index (χ0v) is 9.06. The zero-order chi connectivity index (χ0) is 10.7. The fraction of sp³-hybridized carbons (Fsp3) is 0.462. The maximum Gasteiger partial charge on any atom is 0.0836 e. The van der Waals surface area contributed by atoms with Crippen LogP contribution >= 0.6 is 0 Å². The van der Waals surface area contributed by atoms with Crippen molar-refractivity contribution in [2.24, 2.45) is 5.92 Å². The Hall–Kier alpha value is -1.15. The minimum atomic E-state index is -0.358. The number of aryl methyl sites for hydroxylation is 1. The molecule has 0 amide bonds. The predicted octanol–water partition coefficient (Wildman–Crippen LogP) is 2.78. The van der Waals surface area contributed by atoms with E-state index in [9.17, 15) is 5.11 Å². The molecule has 0 saturated carbocycles. The summed E-state index contributed by atoms with van der Waals surface area (Å²) in [6, 6.07) is 3.93. The second-order valence-electron chi connectivity index (χ2n) is 4.22. The van der Waals surface area contributed by atoms with Crippen LogP contribution in [0.25, 0.3) is 0 Å². The van der Waals surface area contributed by atoms with Gasteiger partial charge in [0.1, 0.15) is 0 Å². The molecule has 0 spiro atoms. The number of aromatic nitrogens is 1. The molecule has 1 heterocycles. The van der Waals surface area contributed by atoms with Crippen molar-refractivity contribution in [3.63, 3.8) is 0 Å². The number of nitrogens with zero attached hydrogens (tertiary/aromatic N) is 1. The maximum atomic E-state index is 10.2. The third-order valence-corrected chi connectivity index (χ3v) is 3.03. The van der Waals surface area contributed by atoms with Gasteiger partial charge in [0.25, 0.3) is 0 Å². The molecule has 0 radical (unpaired) electrons. The quantitative estimate of drug-likeness (QED) is 0.750. The molecule has 2 nitrogen and oxygen atoms in total. The van der Waals surface area contributed by atoms with Crippen molar-refractivity contribution < 1.29 is 5.11 Å². The molecule has 80 valence electrons. The number of hydrogen-bond donors (Lipinski definition) is 1. The molecule has 2 heteroatoms. The van der Waals surface area contributed by atoms with Crippen LogP contribution in [0.4, 0.5) is 0 Å². The lowest BCUT2D eigenvalue weighted by atomic mass is 9.86. The maximum absolute atomic E-state index is 10.2. The van der Waals surface area contributed by atoms with E-state index in [0.717, 1.165) is 30.5 Å². The topological polar surface area (TPSA) is 33.1 Å². The van der Waals surface area contributed by atoms with Crippen LogP contribution in [0.1, 0.15) is 36.6 Å². The van der Waals surface area contributed by atoms with Gasteiger partial charge in [-0.3, -0.25) is 4.98 Å². The monoisotopic (exact) mass is 203 g/mol. The fourth-order valence-corrected chi connectivity index (χ4v) is 2.03. The van der Waals surface area contributed by atoms with Crippen LogP contribution in [0.3, 0.4) is 0 Å². The summed E-state index contributed by atoms with van der Waals surface area (Å²) in [4.78, 5) is 4.22. The van der Waals surface area contributed by atoms with Crippen molar-refractivity contribution in [3.05, 3.63) is 41.7 Å². The number of hydrogen-bond acceptors (Lipinski definition) is 2. The van der Waals surface area contributed by atoms with Gasteiger partial charge in [-0.25, -0.2) is 0 Å². The first-order chi connectivity index (χ1) is 7.27. The van der Waals surface area contributed by atoms with Crippen molar-refractivity contribution in [2.75, 3.05) is 0 Å². The van der Waals surface area contributed by atoms with Gasteiger partial charge in [0.05, 0.1) is 6.10 Å². The van der Waals surface area contributed by atoms with Gasteiger partial charge in [-0.15, -0.1) is 0 Å². The smallest absolute Gasteiger partial charge is 0.0836 e. The molecule has 1 aliphatic carbocycles. The SMILES string of the molecule is Cc1ccc(C(O)C2CC=CCC2)cn1. The van der Waals surface area contributed by atoms with E-state index in [4.69, 9.17) is 0 Å². The summed E-state index contributed by atoms with van der Waals surface area (Å²) in [6.45, 7) is 1.96. The largest absolute Gasteiger partial charge is 0.388 e. The molecule has 2 atom stereocenters. The standard InChI is InChI=1S/C13H17NO/c1-10-7-8-12(9-14-10)13(15)11-5-3-2-4-6-11/h2-3,7-9,11,13,15H,4-6H2,1H3. The van der Waals surface area contributed by atoms with Crippen molar-refractivity contribution in [1.29, 1.82) is 0 Å². The zero-order valence-electron chi connectivity index (χ0n) is 9.06. The Bertz CT molecular complexity index is 342. The van der Waals surface area contributed by atoms with E-state index < -0.39 is 0 Å². The molecule has 0 fully saturated rings. The van der Waals surface area contributed by atoms with Crippen LogP contribution < -0.4 is 0 Å². The van der Waals surface area contributed by atoms with E-state index in [1.165, 1.54) is 0 Å². The number of aliphatic hydroxyl groups excluding tert-OH is 1. The second-order valence-corrected chi connectivity index (χ2v) is 4.22. The van der Waals surface area contributed by atoms with Gasteiger partial charge >= 0.3 is 0 Å². The molecule has 2 unspecified atom stereocenters. The Balaban J connectivity index is 2.09. The van der Waals surface area contributed by atoms with Gasteiger partial charge in [0.2, 0.25) is 0 Å².